The summed E-state index contributed by atoms with van der Waals surface area (Å²) in [5, 5.41) is 11.2. The first-order valence-electron chi connectivity index (χ1n) is 4.99. The molecule has 0 spiro atoms. The maximum absolute atomic E-state index is 11.6. The van der Waals surface area contributed by atoms with Crippen molar-refractivity contribution in [3.05, 3.63) is 0 Å². The van der Waals surface area contributed by atoms with E-state index in [1.807, 2.05) is 0 Å². The van der Waals surface area contributed by atoms with Gasteiger partial charge >= 0.3 is 12.1 Å². The zero-order chi connectivity index (χ0) is 12.4. The Morgan fingerprint density at radius 1 is 1.25 bits per heavy atom. The number of hydrogen-bond donors (Lipinski definition) is 2. The highest BCUT2D eigenvalue weighted by Crippen LogP contribution is 2.14. The van der Waals surface area contributed by atoms with Gasteiger partial charge in [0.2, 0.25) is 0 Å². The summed E-state index contributed by atoms with van der Waals surface area (Å²) in [7, 11) is 0. The number of hydrogen-bond acceptors (Lipinski definition) is 3. The summed E-state index contributed by atoms with van der Waals surface area (Å²) < 4.78 is 39.2. The van der Waals surface area contributed by atoms with E-state index in [2.05, 4.69) is 10.1 Å². The molecule has 7 heteroatoms. The van der Waals surface area contributed by atoms with Crippen molar-refractivity contribution in [2.45, 2.75) is 25.4 Å². The molecule has 0 bridgehead atoms. The molecule has 0 unspecified atom stereocenters. The Labute approximate surface area is 91.8 Å². The van der Waals surface area contributed by atoms with E-state index in [9.17, 15) is 18.0 Å². The van der Waals surface area contributed by atoms with Crippen LogP contribution in [0.4, 0.5) is 13.2 Å². The molecule has 0 heterocycles. The van der Waals surface area contributed by atoms with Crippen LogP contribution in [0.5, 0.6) is 0 Å². The predicted molar refractivity (Wildman–Crippen MR) is 51.2 cm³/mol. The van der Waals surface area contributed by atoms with Crippen molar-refractivity contribution in [3.8, 4) is 0 Å². The van der Waals surface area contributed by atoms with Gasteiger partial charge in [-0.15, -0.1) is 0 Å². The Morgan fingerprint density at radius 2 is 1.88 bits per heavy atom. The Balaban J connectivity index is 3.07. The number of alkyl halides is 3. The van der Waals surface area contributed by atoms with Crippen LogP contribution < -0.4 is 5.32 Å². The van der Waals surface area contributed by atoms with Crippen molar-refractivity contribution in [2.75, 3.05) is 26.3 Å². The SMILES string of the molecule is O=C(O)CCCNCCCOCC(F)(F)F. The fourth-order valence-electron chi connectivity index (χ4n) is 0.977. The molecule has 0 atom stereocenters. The van der Waals surface area contributed by atoms with Crippen LogP contribution in [0.1, 0.15) is 19.3 Å². The van der Waals surface area contributed by atoms with Crippen molar-refractivity contribution in [2.24, 2.45) is 0 Å². The summed E-state index contributed by atoms with van der Waals surface area (Å²) in [6.45, 7) is -0.0967. The van der Waals surface area contributed by atoms with E-state index in [0.29, 0.717) is 25.9 Å². The highest BCUT2D eigenvalue weighted by atomic mass is 19.4. The molecule has 0 aliphatic carbocycles. The molecule has 0 aromatic carbocycles. The number of aliphatic carboxylic acids is 1. The van der Waals surface area contributed by atoms with Crippen molar-refractivity contribution in [1.29, 1.82) is 0 Å². The zero-order valence-corrected chi connectivity index (χ0v) is 8.85. The molecular formula is C9H16F3NO3. The Morgan fingerprint density at radius 3 is 2.44 bits per heavy atom. The van der Waals surface area contributed by atoms with Gasteiger partial charge in [-0.1, -0.05) is 0 Å². The van der Waals surface area contributed by atoms with Gasteiger partial charge in [0.15, 0.2) is 0 Å². The third-order valence-electron chi connectivity index (χ3n) is 1.65. The molecule has 0 aliphatic rings. The summed E-state index contributed by atoms with van der Waals surface area (Å²) >= 11 is 0. The highest BCUT2D eigenvalue weighted by Gasteiger charge is 2.26. The van der Waals surface area contributed by atoms with Crippen LogP contribution >= 0.6 is 0 Å². The van der Waals surface area contributed by atoms with Crippen LogP contribution in [-0.2, 0) is 9.53 Å². The number of carbonyl (C=O) groups is 1. The Bertz CT molecular complexity index is 197. The Kier molecular flexibility index (Phi) is 7.92. The number of nitrogens with one attached hydrogen (secondary N) is 1. The van der Waals surface area contributed by atoms with Gasteiger partial charge in [0.25, 0.3) is 0 Å². The number of ether oxygens (including phenoxy) is 1. The molecular weight excluding hydrogens is 227 g/mol. The monoisotopic (exact) mass is 243 g/mol. The van der Waals surface area contributed by atoms with Gasteiger partial charge in [0.1, 0.15) is 6.61 Å². The zero-order valence-electron chi connectivity index (χ0n) is 8.85. The average molecular weight is 243 g/mol. The van der Waals surface area contributed by atoms with Crippen molar-refractivity contribution < 1.29 is 27.8 Å². The number of halogens is 3. The van der Waals surface area contributed by atoms with Gasteiger partial charge in [-0.3, -0.25) is 4.79 Å². The molecule has 0 rings (SSSR count). The van der Waals surface area contributed by atoms with Crippen molar-refractivity contribution in [1.82, 2.24) is 5.32 Å². The largest absolute Gasteiger partial charge is 0.481 e. The van der Waals surface area contributed by atoms with Crippen LogP contribution in [0.15, 0.2) is 0 Å². The normalized spacial score (nSPS) is 11.7. The molecule has 2 N–H and O–H groups in total. The molecule has 16 heavy (non-hydrogen) atoms. The molecule has 4 nitrogen and oxygen atoms in total. The quantitative estimate of drug-likeness (QED) is 0.601. The van der Waals surface area contributed by atoms with Crippen LogP contribution in [0, 0.1) is 0 Å². The van der Waals surface area contributed by atoms with Crippen LogP contribution in [0.2, 0.25) is 0 Å². The molecule has 0 amide bonds. The standard InChI is InChI=1S/C9H16F3NO3/c10-9(11,12)7-16-6-2-5-13-4-1-3-8(14)15/h13H,1-7H2,(H,14,15). The molecule has 96 valence electrons. The highest BCUT2D eigenvalue weighted by molar-refractivity contribution is 5.66. The second kappa shape index (κ2) is 8.35. The summed E-state index contributed by atoms with van der Waals surface area (Å²) in [5.41, 5.74) is 0. The van der Waals surface area contributed by atoms with E-state index in [1.54, 1.807) is 0 Å². The Hall–Kier alpha value is -0.820. The molecule has 0 aromatic heterocycles. The van der Waals surface area contributed by atoms with E-state index in [-0.39, 0.29) is 13.0 Å². The molecule has 0 saturated carbocycles. The minimum atomic E-state index is -4.27. The van der Waals surface area contributed by atoms with E-state index in [0.717, 1.165) is 0 Å². The third-order valence-corrected chi connectivity index (χ3v) is 1.65. The lowest BCUT2D eigenvalue weighted by atomic mass is 10.3. The fraction of sp³-hybridized carbons (Fsp3) is 0.889. The van der Waals surface area contributed by atoms with Crippen molar-refractivity contribution >= 4 is 5.97 Å². The lowest BCUT2D eigenvalue weighted by Gasteiger charge is -2.07. The summed E-state index contributed by atoms with van der Waals surface area (Å²) in [6.07, 6.45) is -3.19. The smallest absolute Gasteiger partial charge is 0.411 e. The van der Waals surface area contributed by atoms with Gasteiger partial charge in [0, 0.05) is 13.0 Å². The van der Waals surface area contributed by atoms with Gasteiger partial charge in [-0.25, -0.2) is 0 Å². The van der Waals surface area contributed by atoms with Crippen molar-refractivity contribution in [3.63, 3.8) is 0 Å². The topological polar surface area (TPSA) is 58.6 Å². The summed E-state index contributed by atoms with van der Waals surface area (Å²) in [4.78, 5) is 10.1. The van der Waals surface area contributed by atoms with Gasteiger partial charge in [-0.2, -0.15) is 13.2 Å². The van der Waals surface area contributed by atoms with Crippen LogP contribution in [-0.4, -0.2) is 43.6 Å². The van der Waals surface area contributed by atoms with Gasteiger partial charge in [-0.05, 0) is 25.9 Å². The molecule has 0 aliphatic heterocycles. The summed E-state index contributed by atoms with van der Waals surface area (Å²) in [5.74, 6) is -0.852. The maximum atomic E-state index is 11.6. The first kappa shape index (κ1) is 15.2. The summed E-state index contributed by atoms with van der Waals surface area (Å²) in [6, 6.07) is 0. The van der Waals surface area contributed by atoms with Crippen LogP contribution in [0.3, 0.4) is 0 Å². The number of carboxylic acid groups (broad SMARTS) is 1. The van der Waals surface area contributed by atoms with E-state index >= 15 is 0 Å². The van der Waals surface area contributed by atoms with E-state index < -0.39 is 18.8 Å². The van der Waals surface area contributed by atoms with E-state index in [1.165, 1.54) is 0 Å². The fourth-order valence-corrected chi connectivity index (χ4v) is 0.977. The first-order valence-corrected chi connectivity index (χ1v) is 4.99. The molecule has 0 fully saturated rings. The molecule has 0 saturated heterocycles. The third kappa shape index (κ3) is 13.2. The van der Waals surface area contributed by atoms with Gasteiger partial charge in [0.05, 0.1) is 0 Å². The first-order chi connectivity index (χ1) is 7.42. The number of carboxylic acids is 1. The maximum Gasteiger partial charge on any atom is 0.411 e. The molecule has 0 aromatic rings. The predicted octanol–water partition coefficient (Wildman–Crippen LogP) is 1.41. The minimum absolute atomic E-state index is 0.0471. The lowest BCUT2D eigenvalue weighted by molar-refractivity contribution is -0.173. The minimum Gasteiger partial charge on any atom is -0.481 e. The average Bonchev–Trinajstić information content (AvgIpc) is 2.13. The lowest BCUT2D eigenvalue weighted by Crippen LogP contribution is -2.21. The number of rotatable bonds is 9. The second-order valence-electron chi connectivity index (χ2n) is 3.27. The van der Waals surface area contributed by atoms with Gasteiger partial charge < -0.3 is 15.2 Å². The van der Waals surface area contributed by atoms with E-state index in [4.69, 9.17) is 5.11 Å². The van der Waals surface area contributed by atoms with Crippen LogP contribution in [0.25, 0.3) is 0 Å². The second-order valence-corrected chi connectivity index (χ2v) is 3.27. The molecule has 0 radical (unpaired) electrons.